The molecule has 0 aliphatic rings. The highest BCUT2D eigenvalue weighted by Crippen LogP contribution is 2.33. The van der Waals surface area contributed by atoms with Crippen molar-refractivity contribution in [1.82, 2.24) is 0 Å². The Hall–Kier alpha value is -1.64. The minimum absolute atomic E-state index is 0.288. The highest BCUT2D eigenvalue weighted by Gasteiger charge is 2.44. The van der Waals surface area contributed by atoms with E-state index in [0.29, 0.717) is 0 Å². The van der Waals surface area contributed by atoms with Gasteiger partial charge in [-0.15, -0.1) is 0 Å². The minimum atomic E-state index is -1.38. The van der Waals surface area contributed by atoms with Crippen molar-refractivity contribution in [3.63, 3.8) is 0 Å². The highest BCUT2D eigenvalue weighted by molar-refractivity contribution is 6.07. The van der Waals surface area contributed by atoms with Gasteiger partial charge in [-0.25, -0.2) is 0 Å². The molecule has 0 aliphatic carbocycles. The fraction of sp³-hybridized carbons (Fsp3) is 0.429. The molecule has 1 N–H and O–H groups in total. The van der Waals surface area contributed by atoms with E-state index >= 15 is 0 Å². The number of carboxylic acids is 1. The van der Waals surface area contributed by atoms with Crippen LogP contribution in [0.1, 0.15) is 33.3 Å². The molecule has 3 heteroatoms. The number of rotatable bonds is 4. The van der Waals surface area contributed by atoms with Crippen LogP contribution in [0.25, 0.3) is 0 Å². The maximum atomic E-state index is 12.3. The smallest absolute Gasteiger partial charge is 0.316 e. The van der Waals surface area contributed by atoms with Gasteiger partial charge in [-0.3, -0.25) is 9.59 Å². The van der Waals surface area contributed by atoms with Crippen molar-refractivity contribution in [2.24, 2.45) is 5.41 Å². The molecule has 0 saturated carbocycles. The first kappa shape index (κ1) is 13.4. The van der Waals surface area contributed by atoms with Crippen molar-refractivity contribution in [2.75, 3.05) is 0 Å². The van der Waals surface area contributed by atoms with Crippen LogP contribution in [0, 0.1) is 5.41 Å². The van der Waals surface area contributed by atoms with Crippen molar-refractivity contribution in [1.29, 1.82) is 0 Å². The summed E-state index contributed by atoms with van der Waals surface area (Å²) in [6.07, 6.45) is 0. The molecule has 17 heavy (non-hydrogen) atoms. The van der Waals surface area contributed by atoms with Gasteiger partial charge in [0.1, 0.15) is 5.41 Å². The Bertz CT molecular complexity index is 430. The zero-order valence-corrected chi connectivity index (χ0v) is 10.7. The molecule has 0 heterocycles. The first-order valence-corrected chi connectivity index (χ1v) is 5.54. The number of Topliss-reactive ketones (excluding diaryl/α,β-unsaturated/α-hetero) is 1. The second-order valence-corrected chi connectivity index (χ2v) is 5.25. The third-order valence-corrected chi connectivity index (χ3v) is 3.17. The number of ketones is 1. The molecule has 3 nitrogen and oxygen atoms in total. The molecular formula is C14H18O3. The Balaban J connectivity index is 3.16. The van der Waals surface area contributed by atoms with Gasteiger partial charge in [0, 0.05) is 5.41 Å². The summed E-state index contributed by atoms with van der Waals surface area (Å²) in [6.45, 7) is 6.41. The van der Waals surface area contributed by atoms with E-state index in [1.165, 1.54) is 13.8 Å². The van der Waals surface area contributed by atoms with Gasteiger partial charge in [0.15, 0.2) is 5.78 Å². The quantitative estimate of drug-likeness (QED) is 0.815. The third-order valence-electron chi connectivity index (χ3n) is 3.17. The zero-order valence-electron chi connectivity index (χ0n) is 10.7. The highest BCUT2D eigenvalue weighted by atomic mass is 16.4. The molecule has 0 aromatic heterocycles. The largest absolute Gasteiger partial charge is 0.481 e. The number of aliphatic carboxylic acids is 1. The van der Waals surface area contributed by atoms with Crippen molar-refractivity contribution >= 4 is 11.8 Å². The van der Waals surface area contributed by atoms with E-state index in [1.807, 2.05) is 30.3 Å². The number of carboxylic acid groups (broad SMARTS) is 1. The maximum Gasteiger partial charge on any atom is 0.316 e. The summed E-state index contributed by atoms with van der Waals surface area (Å²) < 4.78 is 0. The summed E-state index contributed by atoms with van der Waals surface area (Å²) in [5.41, 5.74) is -1.35. The summed E-state index contributed by atoms with van der Waals surface area (Å²) in [5, 5.41) is 9.10. The Morgan fingerprint density at radius 2 is 1.47 bits per heavy atom. The standard InChI is InChI=1S/C14H18O3/c1-13(2,10-8-6-5-7-9-10)11(15)14(3,4)12(16)17/h5-9H,1-4H3,(H,16,17). The van der Waals surface area contributed by atoms with Crippen molar-refractivity contribution < 1.29 is 14.7 Å². The average molecular weight is 234 g/mol. The third kappa shape index (κ3) is 2.38. The monoisotopic (exact) mass is 234 g/mol. The molecule has 1 rings (SSSR count). The van der Waals surface area contributed by atoms with Crippen LogP contribution in [-0.2, 0) is 15.0 Å². The maximum absolute atomic E-state index is 12.3. The first-order chi connectivity index (χ1) is 7.70. The SMILES string of the molecule is CC(C)(C(=O)O)C(=O)C(C)(C)c1ccccc1. The number of benzene rings is 1. The predicted octanol–water partition coefficient (Wildman–Crippen LogP) is 2.64. The van der Waals surface area contributed by atoms with Gasteiger partial charge >= 0.3 is 5.97 Å². The van der Waals surface area contributed by atoms with E-state index in [0.717, 1.165) is 5.56 Å². The van der Waals surface area contributed by atoms with Crippen LogP contribution in [0.5, 0.6) is 0 Å². The van der Waals surface area contributed by atoms with Crippen LogP contribution in [0.2, 0.25) is 0 Å². The molecule has 92 valence electrons. The van der Waals surface area contributed by atoms with Gasteiger partial charge < -0.3 is 5.11 Å². The van der Waals surface area contributed by atoms with Crippen LogP contribution in [0.15, 0.2) is 30.3 Å². The Kier molecular flexibility index (Phi) is 3.41. The number of hydrogen-bond donors (Lipinski definition) is 1. The number of carbonyl (C=O) groups excluding carboxylic acids is 1. The van der Waals surface area contributed by atoms with Crippen molar-refractivity contribution in [3.8, 4) is 0 Å². The summed E-state index contributed by atoms with van der Waals surface area (Å²) in [4.78, 5) is 23.5. The minimum Gasteiger partial charge on any atom is -0.481 e. The topological polar surface area (TPSA) is 54.4 Å². The van der Waals surface area contributed by atoms with Gasteiger partial charge in [0.25, 0.3) is 0 Å². The average Bonchev–Trinajstić information content (AvgIpc) is 2.29. The molecule has 0 amide bonds. The molecule has 1 aromatic carbocycles. The van der Waals surface area contributed by atoms with E-state index < -0.39 is 16.8 Å². The van der Waals surface area contributed by atoms with Gasteiger partial charge in [0.05, 0.1) is 0 Å². The van der Waals surface area contributed by atoms with E-state index in [-0.39, 0.29) is 5.78 Å². The molecule has 0 aliphatic heterocycles. The van der Waals surface area contributed by atoms with Crippen LogP contribution in [0.4, 0.5) is 0 Å². The van der Waals surface area contributed by atoms with Gasteiger partial charge in [-0.05, 0) is 33.3 Å². The molecule has 0 bridgehead atoms. The van der Waals surface area contributed by atoms with E-state index in [1.54, 1.807) is 13.8 Å². The molecule has 0 radical (unpaired) electrons. The van der Waals surface area contributed by atoms with E-state index in [4.69, 9.17) is 5.11 Å². The molecule has 0 unspecified atom stereocenters. The van der Waals surface area contributed by atoms with Crippen molar-refractivity contribution in [2.45, 2.75) is 33.1 Å². The molecule has 0 atom stereocenters. The lowest BCUT2D eigenvalue weighted by Gasteiger charge is -2.30. The fourth-order valence-corrected chi connectivity index (χ4v) is 1.86. The van der Waals surface area contributed by atoms with Crippen LogP contribution in [0.3, 0.4) is 0 Å². The fourth-order valence-electron chi connectivity index (χ4n) is 1.86. The second-order valence-electron chi connectivity index (χ2n) is 5.25. The Labute approximate surface area is 101 Å². The van der Waals surface area contributed by atoms with Crippen LogP contribution in [-0.4, -0.2) is 16.9 Å². The molecular weight excluding hydrogens is 216 g/mol. The lowest BCUT2D eigenvalue weighted by Crippen LogP contribution is -2.44. The lowest BCUT2D eigenvalue weighted by atomic mass is 9.70. The normalized spacial score (nSPS) is 12.2. The zero-order chi connectivity index (χ0) is 13.3. The number of carbonyl (C=O) groups is 2. The lowest BCUT2D eigenvalue weighted by molar-refractivity contribution is -0.154. The van der Waals surface area contributed by atoms with E-state index in [2.05, 4.69) is 0 Å². The molecule has 0 fully saturated rings. The first-order valence-electron chi connectivity index (χ1n) is 5.54. The van der Waals surface area contributed by atoms with Gasteiger partial charge in [-0.2, -0.15) is 0 Å². The Morgan fingerprint density at radius 3 is 1.88 bits per heavy atom. The predicted molar refractivity (Wildman–Crippen MR) is 65.9 cm³/mol. The van der Waals surface area contributed by atoms with Gasteiger partial charge in [0.2, 0.25) is 0 Å². The molecule has 0 saturated heterocycles. The summed E-state index contributed by atoms with van der Waals surface area (Å²) in [5.74, 6) is -1.38. The molecule has 0 spiro atoms. The summed E-state index contributed by atoms with van der Waals surface area (Å²) in [6, 6.07) is 9.24. The van der Waals surface area contributed by atoms with Crippen LogP contribution < -0.4 is 0 Å². The Morgan fingerprint density at radius 1 is 1.00 bits per heavy atom. The van der Waals surface area contributed by atoms with Crippen LogP contribution >= 0.6 is 0 Å². The summed E-state index contributed by atoms with van der Waals surface area (Å²) in [7, 11) is 0. The molecule has 1 aromatic rings. The summed E-state index contributed by atoms with van der Waals surface area (Å²) >= 11 is 0. The second kappa shape index (κ2) is 4.32. The van der Waals surface area contributed by atoms with E-state index in [9.17, 15) is 9.59 Å². The van der Waals surface area contributed by atoms with Gasteiger partial charge in [-0.1, -0.05) is 30.3 Å². The van der Waals surface area contributed by atoms with Crippen molar-refractivity contribution in [3.05, 3.63) is 35.9 Å². The number of hydrogen-bond acceptors (Lipinski definition) is 2.